The van der Waals surface area contributed by atoms with E-state index in [2.05, 4.69) is 4.98 Å². The van der Waals surface area contributed by atoms with Crippen molar-refractivity contribution in [2.75, 3.05) is 7.05 Å². The fourth-order valence-electron chi connectivity index (χ4n) is 2.75. The number of benzene rings is 2. The highest BCUT2D eigenvalue weighted by molar-refractivity contribution is 5.81. The van der Waals surface area contributed by atoms with Gasteiger partial charge in [0.15, 0.2) is 0 Å². The van der Waals surface area contributed by atoms with Gasteiger partial charge in [-0.3, -0.25) is 9.69 Å². The van der Waals surface area contributed by atoms with Crippen LogP contribution in [-0.4, -0.2) is 22.8 Å². The third-order valence-corrected chi connectivity index (χ3v) is 3.86. The lowest BCUT2D eigenvalue weighted by molar-refractivity contribution is -0.123. The van der Waals surface area contributed by atoms with E-state index in [0.29, 0.717) is 23.7 Å². The molecule has 1 amide bonds. The van der Waals surface area contributed by atoms with E-state index in [4.69, 9.17) is 10.2 Å². The van der Waals surface area contributed by atoms with Crippen LogP contribution in [0.1, 0.15) is 17.3 Å². The van der Waals surface area contributed by atoms with E-state index in [0.717, 1.165) is 5.56 Å². The average molecular weight is 339 g/mol. The van der Waals surface area contributed by atoms with Crippen molar-refractivity contribution in [1.82, 2.24) is 9.88 Å². The van der Waals surface area contributed by atoms with Gasteiger partial charge in [0.25, 0.3) is 0 Å². The Kier molecular flexibility index (Phi) is 4.90. The number of carbonyl (C=O) groups is 1. The number of rotatable bonds is 6. The zero-order chi connectivity index (χ0) is 17.8. The second-order valence-electron chi connectivity index (χ2n) is 5.79. The number of halogens is 1. The highest BCUT2D eigenvalue weighted by Crippen LogP contribution is 2.23. The molecule has 25 heavy (non-hydrogen) atoms. The van der Waals surface area contributed by atoms with Gasteiger partial charge in [-0.2, -0.15) is 0 Å². The molecular weight excluding hydrogens is 321 g/mol. The normalized spacial score (nSPS) is 12.3. The summed E-state index contributed by atoms with van der Waals surface area (Å²) in [5.74, 6) is -0.463. The van der Waals surface area contributed by atoms with E-state index in [9.17, 15) is 9.18 Å². The molecule has 0 spiro atoms. The van der Waals surface area contributed by atoms with Gasteiger partial charge in [-0.05, 0) is 36.9 Å². The summed E-state index contributed by atoms with van der Waals surface area (Å²) in [6, 6.07) is 14.6. The first kappa shape index (κ1) is 16.9. The van der Waals surface area contributed by atoms with Gasteiger partial charge in [0.2, 0.25) is 11.8 Å². The van der Waals surface area contributed by atoms with Crippen molar-refractivity contribution in [3.63, 3.8) is 0 Å². The van der Waals surface area contributed by atoms with Crippen molar-refractivity contribution in [2.24, 2.45) is 5.73 Å². The molecule has 0 saturated carbocycles. The van der Waals surface area contributed by atoms with Crippen molar-refractivity contribution in [3.8, 4) is 11.5 Å². The smallest absolute Gasteiger partial charge is 0.239 e. The predicted octanol–water partition coefficient (Wildman–Crippen LogP) is 3.14. The molecule has 3 aromatic rings. The maximum atomic E-state index is 13.5. The number of oxazole rings is 1. The third-order valence-electron chi connectivity index (χ3n) is 3.86. The maximum Gasteiger partial charge on any atom is 0.239 e. The minimum Gasteiger partial charge on any atom is -0.444 e. The fourth-order valence-corrected chi connectivity index (χ4v) is 2.75. The zero-order valence-corrected chi connectivity index (χ0v) is 13.7. The summed E-state index contributed by atoms with van der Waals surface area (Å²) in [4.78, 5) is 18.0. The number of aromatic nitrogens is 1. The number of carbonyl (C=O) groups excluding carboxylic acids is 1. The van der Waals surface area contributed by atoms with Crippen molar-refractivity contribution >= 4 is 5.91 Å². The Morgan fingerprint density at radius 1 is 1.24 bits per heavy atom. The molecular formula is C19H18FN3O2. The SMILES string of the molecule is CN(Cc1coc(-c2ccccc2)n1)[C@H](C(N)=O)c1cccc(F)c1. The van der Waals surface area contributed by atoms with Crippen molar-refractivity contribution in [1.29, 1.82) is 0 Å². The number of hydrogen-bond acceptors (Lipinski definition) is 4. The van der Waals surface area contributed by atoms with Crippen LogP contribution in [0.5, 0.6) is 0 Å². The minimum absolute atomic E-state index is 0.334. The van der Waals surface area contributed by atoms with Crippen molar-refractivity contribution in [2.45, 2.75) is 12.6 Å². The molecule has 6 heteroatoms. The summed E-state index contributed by atoms with van der Waals surface area (Å²) in [7, 11) is 1.73. The Bertz CT molecular complexity index is 864. The Balaban J connectivity index is 1.79. The molecule has 0 aliphatic rings. The summed E-state index contributed by atoms with van der Waals surface area (Å²) in [5.41, 5.74) is 7.55. The molecule has 1 atom stereocenters. The van der Waals surface area contributed by atoms with Gasteiger partial charge in [-0.1, -0.05) is 30.3 Å². The van der Waals surface area contributed by atoms with Gasteiger partial charge >= 0.3 is 0 Å². The van der Waals surface area contributed by atoms with Crippen LogP contribution in [0.4, 0.5) is 4.39 Å². The molecule has 0 fully saturated rings. The van der Waals surface area contributed by atoms with E-state index in [1.54, 1.807) is 30.3 Å². The second kappa shape index (κ2) is 7.27. The van der Waals surface area contributed by atoms with Gasteiger partial charge in [0, 0.05) is 12.1 Å². The van der Waals surface area contributed by atoms with Crippen LogP contribution < -0.4 is 5.73 Å². The summed E-state index contributed by atoms with van der Waals surface area (Å²) < 4.78 is 19.0. The summed E-state index contributed by atoms with van der Waals surface area (Å²) in [6.45, 7) is 0.334. The van der Waals surface area contributed by atoms with E-state index in [-0.39, 0.29) is 0 Å². The fraction of sp³-hybridized carbons (Fsp3) is 0.158. The van der Waals surface area contributed by atoms with Crippen LogP contribution >= 0.6 is 0 Å². The molecule has 0 unspecified atom stereocenters. The molecule has 2 N–H and O–H groups in total. The van der Waals surface area contributed by atoms with Crippen LogP contribution in [0, 0.1) is 5.82 Å². The average Bonchev–Trinajstić information content (AvgIpc) is 3.04. The first-order chi connectivity index (χ1) is 12.0. The number of amides is 1. The number of nitrogens with two attached hydrogens (primary N) is 1. The Morgan fingerprint density at radius 3 is 2.68 bits per heavy atom. The molecule has 0 radical (unpaired) electrons. The standard InChI is InChI=1S/C19H18FN3O2/c1-23(17(18(21)24)14-8-5-9-15(20)10-14)11-16-12-25-19(22-16)13-6-3-2-4-7-13/h2-10,12,17H,11H2,1H3,(H2,21,24)/t17-/m0/s1. The van der Waals surface area contributed by atoms with E-state index >= 15 is 0 Å². The first-order valence-electron chi connectivity index (χ1n) is 7.79. The number of nitrogens with zero attached hydrogens (tertiary/aromatic N) is 2. The molecule has 2 aromatic carbocycles. The van der Waals surface area contributed by atoms with Crippen LogP contribution in [-0.2, 0) is 11.3 Å². The van der Waals surface area contributed by atoms with Gasteiger partial charge in [0.1, 0.15) is 18.1 Å². The van der Waals surface area contributed by atoms with E-state index in [1.807, 2.05) is 30.3 Å². The maximum absolute atomic E-state index is 13.5. The molecule has 5 nitrogen and oxygen atoms in total. The quantitative estimate of drug-likeness (QED) is 0.749. The molecule has 0 saturated heterocycles. The predicted molar refractivity (Wildman–Crippen MR) is 91.7 cm³/mol. The van der Waals surface area contributed by atoms with Crippen LogP contribution in [0.3, 0.4) is 0 Å². The molecule has 3 rings (SSSR count). The van der Waals surface area contributed by atoms with Crippen LogP contribution in [0.25, 0.3) is 11.5 Å². The molecule has 0 aliphatic heterocycles. The molecule has 0 aliphatic carbocycles. The summed E-state index contributed by atoms with van der Waals surface area (Å²) in [5, 5.41) is 0. The van der Waals surface area contributed by atoms with E-state index in [1.165, 1.54) is 12.1 Å². The Hall–Kier alpha value is -2.99. The van der Waals surface area contributed by atoms with Crippen LogP contribution in [0.2, 0.25) is 0 Å². The zero-order valence-electron chi connectivity index (χ0n) is 13.7. The van der Waals surface area contributed by atoms with E-state index < -0.39 is 17.8 Å². The summed E-state index contributed by atoms with van der Waals surface area (Å²) >= 11 is 0. The lowest BCUT2D eigenvalue weighted by Gasteiger charge is -2.24. The second-order valence-corrected chi connectivity index (χ2v) is 5.79. The van der Waals surface area contributed by atoms with Gasteiger partial charge in [0.05, 0.1) is 5.69 Å². The van der Waals surface area contributed by atoms with Gasteiger partial charge in [-0.15, -0.1) is 0 Å². The Labute approximate surface area is 144 Å². The van der Waals surface area contributed by atoms with Crippen molar-refractivity contribution in [3.05, 3.63) is 77.9 Å². The molecule has 128 valence electrons. The minimum atomic E-state index is -0.757. The number of hydrogen-bond donors (Lipinski definition) is 1. The monoisotopic (exact) mass is 339 g/mol. The van der Waals surface area contributed by atoms with Gasteiger partial charge in [-0.25, -0.2) is 9.37 Å². The molecule has 1 heterocycles. The lowest BCUT2D eigenvalue weighted by atomic mass is 10.0. The first-order valence-corrected chi connectivity index (χ1v) is 7.79. The van der Waals surface area contributed by atoms with Crippen LogP contribution in [0.15, 0.2) is 65.3 Å². The number of likely N-dealkylation sites (N-methyl/N-ethyl adjacent to an activating group) is 1. The molecule has 1 aromatic heterocycles. The Morgan fingerprint density at radius 2 is 2.00 bits per heavy atom. The highest BCUT2D eigenvalue weighted by atomic mass is 19.1. The lowest BCUT2D eigenvalue weighted by Crippen LogP contribution is -2.35. The van der Waals surface area contributed by atoms with Crippen molar-refractivity contribution < 1.29 is 13.6 Å². The van der Waals surface area contributed by atoms with Gasteiger partial charge < -0.3 is 10.2 Å². The largest absolute Gasteiger partial charge is 0.444 e. The summed E-state index contributed by atoms with van der Waals surface area (Å²) in [6.07, 6.45) is 1.54. The number of primary amides is 1. The third kappa shape index (κ3) is 3.92. The highest BCUT2D eigenvalue weighted by Gasteiger charge is 2.24. The topological polar surface area (TPSA) is 72.4 Å². The molecule has 0 bridgehead atoms.